The van der Waals surface area contributed by atoms with Crippen LogP contribution in [0.1, 0.15) is 106 Å². The average molecular weight is 1230 g/mol. The van der Waals surface area contributed by atoms with Gasteiger partial charge in [-0.1, -0.05) is 97.1 Å². The van der Waals surface area contributed by atoms with Crippen molar-refractivity contribution in [3.8, 4) is 34.1 Å². The van der Waals surface area contributed by atoms with E-state index in [1.807, 2.05) is 6.07 Å². The van der Waals surface area contributed by atoms with Gasteiger partial charge in [0.05, 0.1) is 44.8 Å². The number of esters is 2. The smallest absolute Gasteiger partial charge is 0.417 e. The van der Waals surface area contributed by atoms with Crippen LogP contribution in [0.25, 0.3) is 11.1 Å². The second-order valence-electron chi connectivity index (χ2n) is 22.8. The van der Waals surface area contributed by atoms with E-state index in [0.717, 1.165) is 4.90 Å². The average Bonchev–Trinajstić information content (AvgIpc) is 1.57. The van der Waals surface area contributed by atoms with Gasteiger partial charge in [0.15, 0.2) is 17.2 Å². The van der Waals surface area contributed by atoms with E-state index in [4.69, 9.17) is 33.2 Å². The summed E-state index contributed by atoms with van der Waals surface area (Å²) in [6.07, 6.45) is -1.10. The Hall–Kier alpha value is -10.1. The molecule has 22 nitrogen and oxygen atoms in total. The number of rotatable bonds is 26. The second kappa shape index (κ2) is 30.7. The monoisotopic (exact) mass is 1230 g/mol. The largest absolute Gasteiger partial charge is 0.493 e. The number of nitrogens with zero attached hydrogens (tertiary/aromatic N) is 2. The molecule has 1 unspecified atom stereocenters. The zero-order valence-corrected chi connectivity index (χ0v) is 51.8. The molecule has 22 heteroatoms. The Bertz CT molecular complexity index is 3650. The highest BCUT2D eigenvalue weighted by Gasteiger charge is 2.40. The van der Waals surface area contributed by atoms with Crippen LogP contribution in [-0.2, 0) is 74.4 Å². The van der Waals surface area contributed by atoms with Gasteiger partial charge in [0, 0.05) is 29.4 Å². The van der Waals surface area contributed by atoms with E-state index in [2.05, 4.69) is 16.0 Å². The first kappa shape index (κ1) is 67.4. The molecule has 7 rings (SSSR count). The zero-order valence-electron chi connectivity index (χ0n) is 51.8. The second-order valence-corrected chi connectivity index (χ2v) is 22.8. The number of para-hydroxylation sites is 1. The Morgan fingerprint density at radius 3 is 1.94 bits per heavy atom. The molecular weight excluding hydrogens is 1160 g/mol. The SMILES string of the molecule is COc1cc2c(c(OC)c1OC)-c1ccc(OC)c(=O)cc1[C@@H](N(C(=O)CC(=O)OCc1ccc(NC(=O)[C@H](CCCCNC(=O)C(C)(C)c3ccccc3[N+](=O)[O-])NC(=O)C(Cc3ccccc3)C(=O)OCc3ccccc3)cc1)C(=O)OC(C)(C)C)CC2. The highest BCUT2D eigenvalue weighted by atomic mass is 16.6. The van der Waals surface area contributed by atoms with Crippen molar-refractivity contribution >= 4 is 53.0 Å². The highest BCUT2D eigenvalue weighted by Crippen LogP contribution is 2.51. The molecule has 1 aliphatic carbocycles. The van der Waals surface area contributed by atoms with Gasteiger partial charge in [-0.15, -0.1) is 0 Å². The van der Waals surface area contributed by atoms with E-state index >= 15 is 0 Å². The third-order valence-electron chi connectivity index (χ3n) is 15.1. The first-order valence-electron chi connectivity index (χ1n) is 29.2. The van der Waals surface area contributed by atoms with Gasteiger partial charge in [0.2, 0.25) is 34.8 Å². The highest BCUT2D eigenvalue weighted by molar-refractivity contribution is 6.03. The summed E-state index contributed by atoms with van der Waals surface area (Å²) < 4.78 is 39.7. The summed E-state index contributed by atoms with van der Waals surface area (Å²) in [4.78, 5) is 124. The van der Waals surface area contributed by atoms with Crippen LogP contribution in [0.2, 0.25) is 0 Å². The summed E-state index contributed by atoms with van der Waals surface area (Å²) in [5.74, 6) is -5.16. The number of fused-ring (bicyclic) bond motifs is 3. The lowest BCUT2D eigenvalue weighted by Crippen LogP contribution is -2.48. The Labute approximate surface area is 521 Å². The first-order chi connectivity index (χ1) is 43.0. The maximum atomic E-state index is 14.6. The number of nitro benzene ring substituents is 1. The fraction of sp³-hybridized carbons (Fsp3) is 0.353. The van der Waals surface area contributed by atoms with Gasteiger partial charge in [-0.05, 0) is 137 Å². The number of aryl methyl sites for hydroxylation is 1. The van der Waals surface area contributed by atoms with Crippen LogP contribution >= 0.6 is 0 Å². The Morgan fingerprint density at radius 1 is 0.689 bits per heavy atom. The number of imide groups is 1. The maximum absolute atomic E-state index is 14.6. The van der Waals surface area contributed by atoms with Gasteiger partial charge >= 0.3 is 18.0 Å². The summed E-state index contributed by atoms with van der Waals surface area (Å²) in [5.41, 5.74) is 1.02. The third-order valence-corrected chi connectivity index (χ3v) is 15.1. The van der Waals surface area contributed by atoms with Gasteiger partial charge in [0.25, 0.3) is 5.69 Å². The number of methoxy groups -OCH3 is 4. The van der Waals surface area contributed by atoms with E-state index in [0.29, 0.717) is 45.6 Å². The van der Waals surface area contributed by atoms with Gasteiger partial charge in [-0.25, -0.2) is 9.69 Å². The Kier molecular flexibility index (Phi) is 23.0. The standard InChI is InChI=1S/C68H75N5O17/c1-67(2,3)90-66(81)72(52-33-29-45-37-56(85-7)60(86-8)61(87-9)59(45)47-32-34-55(84-6)54(74)38-48(47)52)57(75)39-58(76)88-40-44-27-30-46(31-28-44)70-63(78)51(25-18-19-35-69-65(80)68(4,5)50-24-16-17-26-53(50)73(82)83)71-62(77)49(36-42-20-12-10-13-21-42)64(79)89-41-43-22-14-11-15-23-43/h10-17,20-24,26-28,30-32,34,37-38,49,51-52H,18-19,25,29,33,35-36,39-41H2,1-9H3,(H,69,80)(H,70,78)(H,71,77)/t49?,51-,52-/m0/s1. The molecule has 3 atom stereocenters. The third kappa shape index (κ3) is 17.1. The number of nitro groups is 1. The molecule has 6 aromatic carbocycles. The lowest BCUT2D eigenvalue weighted by molar-refractivity contribution is -0.385. The number of hydrogen-bond donors (Lipinski definition) is 3. The van der Waals surface area contributed by atoms with E-state index in [9.17, 15) is 48.5 Å². The fourth-order valence-electron chi connectivity index (χ4n) is 10.4. The predicted octanol–water partition coefficient (Wildman–Crippen LogP) is 9.83. The van der Waals surface area contributed by atoms with Crippen LogP contribution in [0.15, 0.2) is 138 Å². The summed E-state index contributed by atoms with van der Waals surface area (Å²) in [7, 11) is 5.70. The van der Waals surface area contributed by atoms with Crippen molar-refractivity contribution in [1.82, 2.24) is 15.5 Å². The van der Waals surface area contributed by atoms with Crippen molar-refractivity contribution in [3.63, 3.8) is 0 Å². The van der Waals surface area contributed by atoms with Crippen molar-refractivity contribution < 1.29 is 71.6 Å². The molecule has 0 saturated heterocycles. The van der Waals surface area contributed by atoms with Crippen molar-refractivity contribution in [1.29, 1.82) is 0 Å². The number of nitrogens with one attached hydrogen (secondary N) is 3. The van der Waals surface area contributed by atoms with Crippen LogP contribution in [0.4, 0.5) is 16.2 Å². The molecule has 3 N–H and O–H groups in total. The number of carbonyl (C=O) groups is 7. The van der Waals surface area contributed by atoms with E-state index < -0.39 is 87.5 Å². The molecule has 5 amide bonds. The van der Waals surface area contributed by atoms with Gasteiger partial charge < -0.3 is 49.1 Å². The number of hydrogen-bond acceptors (Lipinski definition) is 17. The van der Waals surface area contributed by atoms with E-state index in [1.165, 1.54) is 70.9 Å². The number of carbonyl (C=O) groups excluding carboxylic acids is 7. The molecule has 474 valence electrons. The number of amides is 5. The predicted molar refractivity (Wildman–Crippen MR) is 333 cm³/mol. The molecule has 0 heterocycles. The number of unbranched alkanes of at least 4 members (excludes halogenated alkanes) is 1. The molecule has 6 aromatic rings. The molecule has 0 saturated carbocycles. The Morgan fingerprint density at radius 2 is 1.31 bits per heavy atom. The van der Waals surface area contributed by atoms with E-state index in [1.54, 1.807) is 120 Å². The summed E-state index contributed by atoms with van der Waals surface area (Å²) in [6.45, 7) is 7.71. The molecule has 0 radical (unpaired) electrons. The molecule has 1 aliphatic rings. The minimum atomic E-state index is -1.36. The lowest BCUT2D eigenvalue weighted by atomic mass is 9.82. The van der Waals surface area contributed by atoms with Crippen LogP contribution < -0.4 is 40.3 Å². The van der Waals surface area contributed by atoms with E-state index in [-0.39, 0.29) is 91.6 Å². The summed E-state index contributed by atoms with van der Waals surface area (Å²) in [6, 6.07) is 33.7. The van der Waals surface area contributed by atoms with Crippen molar-refractivity contribution in [3.05, 3.63) is 187 Å². The molecule has 90 heavy (non-hydrogen) atoms. The number of benzene rings is 5. The summed E-state index contributed by atoms with van der Waals surface area (Å²) >= 11 is 0. The zero-order chi connectivity index (χ0) is 65.3. The molecule has 0 aliphatic heterocycles. The summed E-state index contributed by atoms with van der Waals surface area (Å²) in [5, 5.41) is 20.2. The number of ether oxygens (including phenoxy) is 7. The van der Waals surface area contributed by atoms with Gasteiger partial charge in [0.1, 0.15) is 37.2 Å². The topological polar surface area (TPSA) is 284 Å². The lowest BCUT2D eigenvalue weighted by Gasteiger charge is -2.32. The van der Waals surface area contributed by atoms with Crippen LogP contribution in [0.5, 0.6) is 23.0 Å². The van der Waals surface area contributed by atoms with Crippen molar-refractivity contribution in [2.75, 3.05) is 40.3 Å². The molecular formula is C68H75N5O17. The van der Waals surface area contributed by atoms with Crippen LogP contribution in [-0.4, -0.2) is 98.1 Å². The fourth-order valence-corrected chi connectivity index (χ4v) is 10.4. The molecule has 0 bridgehead atoms. The van der Waals surface area contributed by atoms with Crippen molar-refractivity contribution in [2.24, 2.45) is 5.92 Å². The van der Waals surface area contributed by atoms with Crippen LogP contribution in [0.3, 0.4) is 0 Å². The molecule has 0 aromatic heterocycles. The van der Waals surface area contributed by atoms with Gasteiger partial charge in [-0.2, -0.15) is 0 Å². The van der Waals surface area contributed by atoms with Crippen molar-refractivity contribution in [2.45, 2.75) is 116 Å². The first-order valence-corrected chi connectivity index (χ1v) is 29.2. The maximum Gasteiger partial charge on any atom is 0.417 e. The van der Waals surface area contributed by atoms with Crippen LogP contribution in [0, 0.1) is 16.0 Å². The normalized spacial score (nSPS) is 13.2. The number of anilines is 1. The molecule has 0 fully saturated rings. The minimum absolute atomic E-state index is 0.0239. The minimum Gasteiger partial charge on any atom is -0.493 e. The quantitative estimate of drug-likeness (QED) is 0.0114. The van der Waals surface area contributed by atoms with Gasteiger partial charge in [-0.3, -0.25) is 43.7 Å². The molecule has 0 spiro atoms. The Balaban J connectivity index is 1.07.